The largest absolute Gasteiger partial charge is 0.480 e. The Bertz CT molecular complexity index is 1090. The summed E-state index contributed by atoms with van der Waals surface area (Å²) in [4.78, 5) is 35.9. The first-order chi connectivity index (χ1) is 12.8. The molecule has 3 aromatic rings. The van der Waals surface area contributed by atoms with Gasteiger partial charge in [0.05, 0.1) is 18.2 Å². The van der Waals surface area contributed by atoms with Crippen molar-refractivity contribution in [2.24, 2.45) is 0 Å². The molecule has 2 aromatic heterocycles. The molecule has 2 heterocycles. The molecular weight excluding hydrogens is 350 g/mol. The van der Waals surface area contributed by atoms with E-state index in [1.165, 1.54) is 0 Å². The third kappa shape index (κ3) is 3.58. The SMILES string of the molecule is CCC[C@H](NC(=O)Cc1c(C)c2cc3c(C)coc3cc2oc1=O)C(=O)O. The average molecular weight is 371 g/mol. The zero-order chi connectivity index (χ0) is 19.7. The molecule has 0 aliphatic heterocycles. The van der Waals surface area contributed by atoms with Gasteiger partial charge in [0.2, 0.25) is 5.91 Å². The second-order valence-electron chi connectivity index (χ2n) is 6.68. The van der Waals surface area contributed by atoms with Crippen molar-refractivity contribution in [2.75, 3.05) is 0 Å². The molecule has 0 aliphatic rings. The van der Waals surface area contributed by atoms with Gasteiger partial charge < -0.3 is 19.3 Å². The van der Waals surface area contributed by atoms with Crippen molar-refractivity contribution in [3.05, 3.63) is 45.5 Å². The van der Waals surface area contributed by atoms with Crippen molar-refractivity contribution in [3.8, 4) is 0 Å². The molecule has 0 bridgehead atoms. The molecule has 7 nitrogen and oxygen atoms in total. The zero-order valence-corrected chi connectivity index (χ0v) is 15.4. The van der Waals surface area contributed by atoms with Crippen LogP contribution in [-0.2, 0) is 16.0 Å². The van der Waals surface area contributed by atoms with Crippen LogP contribution in [0.4, 0.5) is 0 Å². The second-order valence-corrected chi connectivity index (χ2v) is 6.68. The molecule has 2 N–H and O–H groups in total. The maximum atomic E-state index is 12.4. The van der Waals surface area contributed by atoms with Crippen LogP contribution in [0.2, 0.25) is 0 Å². The molecule has 1 amide bonds. The Morgan fingerprint density at radius 1 is 1.19 bits per heavy atom. The van der Waals surface area contributed by atoms with E-state index >= 15 is 0 Å². The number of aliphatic carboxylic acids is 1. The summed E-state index contributed by atoms with van der Waals surface area (Å²) in [6.45, 7) is 5.51. The van der Waals surface area contributed by atoms with Crippen LogP contribution >= 0.6 is 0 Å². The van der Waals surface area contributed by atoms with Gasteiger partial charge in [-0.25, -0.2) is 9.59 Å². The number of carbonyl (C=O) groups is 2. The molecule has 0 radical (unpaired) electrons. The lowest BCUT2D eigenvalue weighted by Crippen LogP contribution is -2.41. The Morgan fingerprint density at radius 2 is 1.93 bits per heavy atom. The molecule has 3 rings (SSSR count). The van der Waals surface area contributed by atoms with E-state index in [1.807, 2.05) is 19.9 Å². The van der Waals surface area contributed by atoms with Crippen molar-refractivity contribution in [3.63, 3.8) is 0 Å². The Labute approximate surface area is 155 Å². The summed E-state index contributed by atoms with van der Waals surface area (Å²) < 4.78 is 10.8. The van der Waals surface area contributed by atoms with Gasteiger partial charge in [0.1, 0.15) is 17.2 Å². The molecule has 0 saturated carbocycles. The lowest BCUT2D eigenvalue weighted by Gasteiger charge is -2.14. The van der Waals surface area contributed by atoms with E-state index in [4.69, 9.17) is 8.83 Å². The minimum Gasteiger partial charge on any atom is -0.480 e. The van der Waals surface area contributed by atoms with Crippen LogP contribution in [0.3, 0.4) is 0 Å². The minimum absolute atomic E-state index is 0.223. The molecule has 1 atom stereocenters. The van der Waals surface area contributed by atoms with Crippen molar-refractivity contribution < 1.29 is 23.5 Å². The second kappa shape index (κ2) is 7.26. The highest BCUT2D eigenvalue weighted by Gasteiger charge is 2.21. The highest BCUT2D eigenvalue weighted by molar-refractivity contribution is 5.96. The van der Waals surface area contributed by atoms with Gasteiger partial charge in [0.25, 0.3) is 0 Å². The smallest absolute Gasteiger partial charge is 0.340 e. The maximum Gasteiger partial charge on any atom is 0.340 e. The highest BCUT2D eigenvalue weighted by atomic mass is 16.4. The van der Waals surface area contributed by atoms with E-state index in [1.54, 1.807) is 19.3 Å². The van der Waals surface area contributed by atoms with Gasteiger partial charge in [0, 0.05) is 16.8 Å². The third-order valence-corrected chi connectivity index (χ3v) is 4.72. The number of carboxylic acid groups (broad SMARTS) is 1. The van der Waals surface area contributed by atoms with Crippen LogP contribution in [0.5, 0.6) is 0 Å². The Morgan fingerprint density at radius 3 is 2.59 bits per heavy atom. The minimum atomic E-state index is -1.09. The first kappa shape index (κ1) is 18.7. The van der Waals surface area contributed by atoms with E-state index in [0.29, 0.717) is 29.6 Å². The van der Waals surface area contributed by atoms with Crippen molar-refractivity contribution in [2.45, 2.75) is 46.1 Å². The number of amides is 1. The lowest BCUT2D eigenvalue weighted by atomic mass is 10.0. The van der Waals surface area contributed by atoms with Crippen molar-refractivity contribution >= 4 is 33.8 Å². The van der Waals surface area contributed by atoms with Crippen LogP contribution < -0.4 is 10.9 Å². The van der Waals surface area contributed by atoms with Crippen LogP contribution in [-0.4, -0.2) is 23.0 Å². The van der Waals surface area contributed by atoms with Gasteiger partial charge in [0.15, 0.2) is 0 Å². The van der Waals surface area contributed by atoms with Gasteiger partial charge >= 0.3 is 11.6 Å². The van der Waals surface area contributed by atoms with E-state index in [0.717, 1.165) is 16.3 Å². The fraction of sp³-hybridized carbons (Fsp3) is 0.350. The number of aryl methyl sites for hydroxylation is 2. The maximum absolute atomic E-state index is 12.4. The van der Waals surface area contributed by atoms with E-state index < -0.39 is 23.5 Å². The Kier molecular flexibility index (Phi) is 5.03. The van der Waals surface area contributed by atoms with E-state index in [9.17, 15) is 19.5 Å². The predicted molar refractivity (Wildman–Crippen MR) is 99.9 cm³/mol. The first-order valence-corrected chi connectivity index (χ1v) is 8.78. The van der Waals surface area contributed by atoms with Crippen LogP contribution in [0.1, 0.15) is 36.5 Å². The summed E-state index contributed by atoms with van der Waals surface area (Å²) in [5.41, 5.74) is 2.22. The van der Waals surface area contributed by atoms with Crippen LogP contribution in [0.25, 0.3) is 21.9 Å². The fourth-order valence-electron chi connectivity index (χ4n) is 3.19. The molecule has 0 fully saturated rings. The molecule has 0 unspecified atom stereocenters. The summed E-state index contributed by atoms with van der Waals surface area (Å²) in [5, 5.41) is 13.3. The van der Waals surface area contributed by atoms with Gasteiger partial charge in [-0.2, -0.15) is 0 Å². The average Bonchev–Trinajstić information content (AvgIpc) is 2.97. The zero-order valence-electron chi connectivity index (χ0n) is 15.4. The normalized spacial score (nSPS) is 12.4. The quantitative estimate of drug-likeness (QED) is 0.645. The number of hydrogen-bond donors (Lipinski definition) is 2. The molecule has 27 heavy (non-hydrogen) atoms. The summed E-state index contributed by atoms with van der Waals surface area (Å²) in [5.74, 6) is -1.61. The molecule has 0 aliphatic carbocycles. The summed E-state index contributed by atoms with van der Waals surface area (Å²) in [7, 11) is 0. The number of hydrogen-bond acceptors (Lipinski definition) is 5. The number of furan rings is 1. The lowest BCUT2D eigenvalue weighted by molar-refractivity contribution is -0.141. The van der Waals surface area contributed by atoms with E-state index in [-0.39, 0.29) is 12.0 Å². The van der Waals surface area contributed by atoms with E-state index in [2.05, 4.69) is 5.32 Å². The summed E-state index contributed by atoms with van der Waals surface area (Å²) in [6.07, 6.45) is 2.34. The molecule has 0 spiro atoms. The van der Waals surface area contributed by atoms with Crippen molar-refractivity contribution in [1.29, 1.82) is 0 Å². The Hall–Kier alpha value is -3.09. The number of fused-ring (bicyclic) bond motifs is 2. The van der Waals surface area contributed by atoms with Gasteiger partial charge in [-0.05, 0) is 37.5 Å². The monoisotopic (exact) mass is 371 g/mol. The Balaban J connectivity index is 1.97. The fourth-order valence-corrected chi connectivity index (χ4v) is 3.19. The molecule has 1 aromatic carbocycles. The third-order valence-electron chi connectivity index (χ3n) is 4.72. The first-order valence-electron chi connectivity index (χ1n) is 8.78. The van der Waals surface area contributed by atoms with Gasteiger partial charge in [-0.15, -0.1) is 0 Å². The summed E-state index contributed by atoms with van der Waals surface area (Å²) in [6, 6.07) is 2.57. The van der Waals surface area contributed by atoms with Gasteiger partial charge in [-0.3, -0.25) is 4.79 Å². The standard InChI is InChI=1S/C20H21NO6/c1-4-5-15(19(23)24)21-18(22)7-14-11(3)13-6-12-10(2)9-26-16(12)8-17(13)27-20(14)25/h6,8-9,15H,4-5,7H2,1-3H3,(H,21,22)(H,23,24)/t15-/m0/s1. The number of carboxylic acids is 1. The van der Waals surface area contributed by atoms with Crippen LogP contribution in [0.15, 0.2) is 32.0 Å². The molecule has 0 saturated heterocycles. The molecule has 142 valence electrons. The number of carbonyl (C=O) groups excluding carboxylic acids is 1. The highest BCUT2D eigenvalue weighted by Crippen LogP contribution is 2.28. The van der Waals surface area contributed by atoms with Crippen molar-refractivity contribution in [1.82, 2.24) is 5.32 Å². The summed E-state index contributed by atoms with van der Waals surface area (Å²) >= 11 is 0. The number of nitrogens with one attached hydrogen (secondary N) is 1. The molecule has 7 heteroatoms. The molecular formula is C20H21NO6. The van der Waals surface area contributed by atoms with Crippen LogP contribution in [0, 0.1) is 13.8 Å². The predicted octanol–water partition coefficient (Wildman–Crippen LogP) is 3.07. The number of rotatable bonds is 6. The topological polar surface area (TPSA) is 110 Å². The number of benzene rings is 1. The van der Waals surface area contributed by atoms with Gasteiger partial charge in [-0.1, -0.05) is 13.3 Å².